The third kappa shape index (κ3) is 2.23. The lowest BCUT2D eigenvalue weighted by atomic mass is 10.1. The molecule has 2 aromatic carbocycles. The SMILES string of the molecule is Nc1ncnc2c1c(-c1c[nH]c3ccccc13)nn2Cc1ccccc1. The average molecular weight is 340 g/mol. The number of nitrogens with zero attached hydrogens (tertiary/aromatic N) is 4. The number of rotatable bonds is 3. The van der Waals surface area contributed by atoms with E-state index in [1.54, 1.807) is 0 Å². The molecule has 0 saturated carbocycles. The number of aromatic amines is 1. The van der Waals surface area contributed by atoms with E-state index in [9.17, 15) is 0 Å². The van der Waals surface area contributed by atoms with E-state index in [1.807, 2.05) is 47.3 Å². The van der Waals surface area contributed by atoms with Crippen LogP contribution in [0, 0.1) is 0 Å². The van der Waals surface area contributed by atoms with Gasteiger partial charge in [-0.2, -0.15) is 5.10 Å². The lowest BCUT2D eigenvalue weighted by molar-refractivity contribution is 0.706. The molecule has 6 nitrogen and oxygen atoms in total. The van der Waals surface area contributed by atoms with Crippen LogP contribution in [0.2, 0.25) is 0 Å². The van der Waals surface area contributed by atoms with Crippen molar-refractivity contribution in [3.05, 3.63) is 72.7 Å². The first-order valence-electron chi connectivity index (χ1n) is 8.38. The summed E-state index contributed by atoms with van der Waals surface area (Å²) in [6.07, 6.45) is 3.45. The second-order valence-corrected chi connectivity index (χ2v) is 6.20. The molecule has 0 aliphatic rings. The Balaban J connectivity index is 1.75. The first-order valence-corrected chi connectivity index (χ1v) is 8.38. The van der Waals surface area contributed by atoms with E-state index in [4.69, 9.17) is 10.8 Å². The molecule has 3 N–H and O–H groups in total. The molecule has 0 fully saturated rings. The fourth-order valence-corrected chi connectivity index (χ4v) is 3.35. The summed E-state index contributed by atoms with van der Waals surface area (Å²) in [6.45, 7) is 0.621. The van der Waals surface area contributed by atoms with Gasteiger partial charge in [0, 0.05) is 22.7 Å². The van der Waals surface area contributed by atoms with E-state index in [2.05, 4.69) is 33.2 Å². The van der Waals surface area contributed by atoms with Crippen LogP contribution in [0.15, 0.2) is 67.1 Å². The van der Waals surface area contributed by atoms with Gasteiger partial charge in [0.2, 0.25) is 0 Å². The monoisotopic (exact) mass is 340 g/mol. The number of benzene rings is 2. The van der Waals surface area contributed by atoms with Gasteiger partial charge in [0.15, 0.2) is 5.65 Å². The van der Waals surface area contributed by atoms with Crippen molar-refractivity contribution in [2.24, 2.45) is 0 Å². The minimum Gasteiger partial charge on any atom is -0.383 e. The number of hydrogen-bond acceptors (Lipinski definition) is 4. The lowest BCUT2D eigenvalue weighted by Gasteiger charge is -2.02. The molecule has 5 aromatic rings. The maximum Gasteiger partial charge on any atom is 0.164 e. The molecule has 0 bridgehead atoms. The van der Waals surface area contributed by atoms with Gasteiger partial charge in [-0.1, -0.05) is 48.5 Å². The standard InChI is InChI=1S/C20H16N6/c21-19-17-18(15-10-22-16-9-5-4-8-14(15)16)25-26(20(17)24-12-23-19)11-13-6-2-1-3-7-13/h1-10,12,22H,11H2,(H2,21,23,24). The average Bonchev–Trinajstić information content (AvgIpc) is 3.25. The summed E-state index contributed by atoms with van der Waals surface area (Å²) >= 11 is 0. The normalized spacial score (nSPS) is 11.4. The number of anilines is 1. The van der Waals surface area contributed by atoms with Crippen molar-refractivity contribution in [2.75, 3.05) is 5.73 Å². The van der Waals surface area contributed by atoms with Crippen molar-refractivity contribution in [2.45, 2.75) is 6.54 Å². The number of fused-ring (bicyclic) bond motifs is 2. The van der Waals surface area contributed by atoms with Gasteiger partial charge in [0.05, 0.1) is 11.9 Å². The number of nitrogens with two attached hydrogens (primary N) is 1. The van der Waals surface area contributed by atoms with Gasteiger partial charge in [-0.05, 0) is 11.6 Å². The van der Waals surface area contributed by atoms with E-state index in [1.165, 1.54) is 6.33 Å². The van der Waals surface area contributed by atoms with Crippen LogP contribution in [-0.2, 0) is 6.54 Å². The minimum absolute atomic E-state index is 0.439. The zero-order valence-electron chi connectivity index (χ0n) is 13.9. The Bertz CT molecular complexity index is 1220. The van der Waals surface area contributed by atoms with Crippen molar-refractivity contribution in [1.29, 1.82) is 0 Å². The van der Waals surface area contributed by atoms with Gasteiger partial charge in [0.1, 0.15) is 17.8 Å². The molecule has 126 valence electrons. The van der Waals surface area contributed by atoms with E-state index >= 15 is 0 Å². The van der Waals surface area contributed by atoms with E-state index in [0.717, 1.165) is 38.8 Å². The van der Waals surface area contributed by atoms with Gasteiger partial charge in [0.25, 0.3) is 0 Å². The van der Waals surface area contributed by atoms with Crippen LogP contribution in [0.3, 0.4) is 0 Å². The predicted molar refractivity (Wildman–Crippen MR) is 103 cm³/mol. The maximum atomic E-state index is 6.20. The Hall–Kier alpha value is -3.67. The summed E-state index contributed by atoms with van der Waals surface area (Å²) in [4.78, 5) is 11.9. The van der Waals surface area contributed by atoms with E-state index in [-0.39, 0.29) is 0 Å². The highest BCUT2D eigenvalue weighted by molar-refractivity contribution is 6.05. The summed E-state index contributed by atoms with van der Waals surface area (Å²) in [5.74, 6) is 0.439. The molecule has 0 atom stereocenters. The topological polar surface area (TPSA) is 85.4 Å². The van der Waals surface area contributed by atoms with Crippen molar-refractivity contribution < 1.29 is 0 Å². The van der Waals surface area contributed by atoms with Gasteiger partial charge >= 0.3 is 0 Å². The number of aromatic nitrogens is 5. The molecular formula is C20H16N6. The van der Waals surface area contributed by atoms with Crippen LogP contribution in [0.1, 0.15) is 5.56 Å². The third-order valence-corrected chi connectivity index (χ3v) is 4.58. The second-order valence-electron chi connectivity index (χ2n) is 6.20. The smallest absolute Gasteiger partial charge is 0.164 e. The van der Waals surface area contributed by atoms with Crippen molar-refractivity contribution in [3.8, 4) is 11.3 Å². The first-order chi connectivity index (χ1) is 12.8. The van der Waals surface area contributed by atoms with Crippen LogP contribution >= 0.6 is 0 Å². The van der Waals surface area contributed by atoms with Crippen LogP contribution < -0.4 is 5.73 Å². The van der Waals surface area contributed by atoms with Crippen LogP contribution in [0.4, 0.5) is 5.82 Å². The molecule has 26 heavy (non-hydrogen) atoms. The summed E-state index contributed by atoms with van der Waals surface area (Å²) < 4.78 is 1.89. The number of H-pyrrole nitrogens is 1. The minimum atomic E-state index is 0.439. The first kappa shape index (κ1) is 14.7. The highest BCUT2D eigenvalue weighted by Gasteiger charge is 2.19. The Morgan fingerprint density at radius 3 is 2.65 bits per heavy atom. The van der Waals surface area contributed by atoms with Crippen molar-refractivity contribution in [3.63, 3.8) is 0 Å². The molecule has 0 amide bonds. The molecule has 0 aliphatic heterocycles. The molecular weight excluding hydrogens is 324 g/mol. The molecule has 6 heteroatoms. The number of hydrogen-bond donors (Lipinski definition) is 2. The highest BCUT2D eigenvalue weighted by Crippen LogP contribution is 2.34. The fraction of sp³-hybridized carbons (Fsp3) is 0.0500. The molecule has 3 aromatic heterocycles. The molecule has 0 radical (unpaired) electrons. The Labute approximate surface area is 149 Å². The summed E-state index contributed by atoms with van der Waals surface area (Å²) in [7, 11) is 0. The third-order valence-electron chi connectivity index (χ3n) is 4.58. The van der Waals surface area contributed by atoms with Crippen LogP contribution in [-0.4, -0.2) is 24.7 Å². The maximum absolute atomic E-state index is 6.20. The molecule has 0 spiro atoms. The number of nitrogens with one attached hydrogen (secondary N) is 1. The summed E-state index contributed by atoms with van der Waals surface area (Å²) in [5.41, 5.74) is 10.9. The predicted octanol–water partition coefficient (Wildman–Crippen LogP) is 3.61. The van der Waals surface area contributed by atoms with Crippen molar-refractivity contribution in [1.82, 2.24) is 24.7 Å². The quantitative estimate of drug-likeness (QED) is 0.525. The number of nitrogen functional groups attached to an aromatic ring is 1. The molecule has 3 heterocycles. The van der Waals surface area contributed by atoms with Crippen molar-refractivity contribution >= 4 is 27.8 Å². The fourth-order valence-electron chi connectivity index (χ4n) is 3.35. The van der Waals surface area contributed by atoms with Gasteiger partial charge < -0.3 is 10.7 Å². The molecule has 0 saturated heterocycles. The highest BCUT2D eigenvalue weighted by atomic mass is 15.3. The largest absolute Gasteiger partial charge is 0.383 e. The zero-order valence-corrected chi connectivity index (χ0v) is 13.9. The van der Waals surface area contributed by atoms with Crippen LogP contribution in [0.25, 0.3) is 33.2 Å². The summed E-state index contributed by atoms with van der Waals surface area (Å²) in [6, 6.07) is 18.3. The van der Waals surface area contributed by atoms with E-state index in [0.29, 0.717) is 12.4 Å². The Morgan fingerprint density at radius 2 is 1.77 bits per heavy atom. The van der Waals surface area contributed by atoms with Gasteiger partial charge in [-0.3, -0.25) is 0 Å². The Kier molecular flexibility index (Phi) is 3.21. The number of para-hydroxylation sites is 1. The van der Waals surface area contributed by atoms with Gasteiger partial charge in [-0.25, -0.2) is 14.6 Å². The molecule has 0 aliphatic carbocycles. The Morgan fingerprint density at radius 1 is 0.962 bits per heavy atom. The molecule has 0 unspecified atom stereocenters. The lowest BCUT2D eigenvalue weighted by Crippen LogP contribution is -2.03. The van der Waals surface area contributed by atoms with Gasteiger partial charge in [-0.15, -0.1) is 0 Å². The van der Waals surface area contributed by atoms with Crippen LogP contribution in [0.5, 0.6) is 0 Å². The zero-order chi connectivity index (χ0) is 17.5. The summed E-state index contributed by atoms with van der Waals surface area (Å²) in [5, 5.41) is 6.74. The molecule has 5 rings (SSSR count). The second kappa shape index (κ2) is 5.70. The van der Waals surface area contributed by atoms with E-state index < -0.39 is 0 Å².